The van der Waals surface area contributed by atoms with Crippen LogP contribution in [0.4, 0.5) is 10.6 Å². The first kappa shape index (κ1) is 37.3. The van der Waals surface area contributed by atoms with E-state index in [1.54, 1.807) is 24.5 Å². The largest absolute Gasteiger partial charge is 0.444 e. The lowest BCUT2D eigenvalue weighted by Gasteiger charge is -2.19. The Morgan fingerprint density at radius 1 is 1.02 bits per heavy atom. The summed E-state index contributed by atoms with van der Waals surface area (Å²) in [7, 11) is -0.549. The number of anilines is 1. The van der Waals surface area contributed by atoms with E-state index in [0.717, 1.165) is 42.4 Å². The molecule has 12 nitrogen and oxygen atoms in total. The van der Waals surface area contributed by atoms with E-state index in [-0.39, 0.29) is 23.9 Å². The van der Waals surface area contributed by atoms with Gasteiger partial charge < -0.3 is 24.8 Å². The summed E-state index contributed by atoms with van der Waals surface area (Å²) in [5, 5.41) is 3.78. The van der Waals surface area contributed by atoms with Crippen LogP contribution in [0.2, 0.25) is 0 Å². The molecule has 236 valence electrons. The summed E-state index contributed by atoms with van der Waals surface area (Å²) in [4.78, 5) is 45.2. The first-order valence-corrected chi connectivity index (χ1v) is 15.6. The van der Waals surface area contributed by atoms with Gasteiger partial charge >= 0.3 is 13.7 Å². The van der Waals surface area contributed by atoms with E-state index in [4.69, 9.17) is 10.5 Å². The number of Topliss-reactive ketones (excluding diaryl/α,β-unsaturated/α-hetero) is 1. The number of carbonyl (C=O) groups is 3. The Bertz CT molecular complexity index is 1340. The third kappa shape index (κ3) is 15.9. The fourth-order valence-electron chi connectivity index (χ4n) is 3.31. The van der Waals surface area contributed by atoms with E-state index < -0.39 is 13.2 Å². The van der Waals surface area contributed by atoms with Gasteiger partial charge in [-0.25, -0.2) is 19.7 Å². The Hall–Kier alpha value is -3.73. The molecule has 0 aliphatic carbocycles. The number of nitrogens with two attached hydrogens (primary N) is 1. The number of amides is 1. The zero-order valence-electron chi connectivity index (χ0n) is 25.9. The van der Waals surface area contributed by atoms with Gasteiger partial charge in [0, 0.05) is 50.7 Å². The number of hydrogen-bond donors (Lipinski definition) is 2. The van der Waals surface area contributed by atoms with Gasteiger partial charge in [0.15, 0.2) is 11.9 Å². The van der Waals surface area contributed by atoms with Crippen molar-refractivity contribution in [3.05, 3.63) is 60.0 Å². The van der Waals surface area contributed by atoms with Crippen molar-refractivity contribution in [2.45, 2.75) is 65.4 Å². The lowest BCUT2D eigenvalue weighted by Crippen LogP contribution is -2.33. The number of hydrogen-bond acceptors (Lipinski definition) is 11. The Kier molecular flexibility index (Phi) is 16.9. The van der Waals surface area contributed by atoms with Gasteiger partial charge in [0.2, 0.25) is 0 Å². The maximum atomic E-state index is 11.5. The number of ketones is 1. The first-order valence-electron chi connectivity index (χ1n) is 13.9. The average molecular weight is 618 g/mol. The highest BCUT2D eigenvalue weighted by Crippen LogP contribution is 2.46. The fraction of sp³-hybridized carbons (Fsp3) is 0.467. The second-order valence-electron chi connectivity index (χ2n) is 10.3. The van der Waals surface area contributed by atoms with Crippen molar-refractivity contribution in [1.29, 1.82) is 0 Å². The summed E-state index contributed by atoms with van der Waals surface area (Å²) >= 11 is 0. The minimum Gasteiger partial charge on any atom is -0.444 e. The van der Waals surface area contributed by atoms with Crippen molar-refractivity contribution in [1.82, 2.24) is 20.3 Å². The number of aromatic nitrogens is 3. The molecule has 0 aliphatic heterocycles. The normalized spacial score (nSPS) is 10.9. The molecule has 0 spiro atoms. The number of rotatable bonds is 12. The summed E-state index contributed by atoms with van der Waals surface area (Å²) < 4.78 is 25.9. The number of ether oxygens (including phenoxy) is 1. The molecule has 0 atom stereocenters. The molecule has 0 bridgehead atoms. The standard InChI is InChI=1S/C16H21N3O2.C8H17O4P.C6H6N2O/c1-16(2,3)21-15(20)18-11-5-7-13-9-8-12-6-4-10-17-14(12)19-13;1-4-5-6-8(9)7-13(10,11-2)12-3;7-6-5(4-9)2-1-3-8-6/h4,6,8-10H,5,7,11H2,1-3H3,(H,18,20);4-7H2,1-3H3;1-4H,(H2,7,8). The summed E-state index contributed by atoms with van der Waals surface area (Å²) in [6.07, 6.45) is 7.31. The molecule has 0 saturated carbocycles. The Balaban J connectivity index is 0.000000358. The molecule has 3 rings (SSSR count). The number of pyridine rings is 3. The first-order chi connectivity index (χ1) is 20.4. The van der Waals surface area contributed by atoms with Gasteiger partial charge in [-0.2, -0.15) is 0 Å². The molecule has 0 saturated heterocycles. The minimum absolute atomic E-state index is 0.0612. The fourth-order valence-corrected chi connectivity index (χ4v) is 4.31. The van der Waals surface area contributed by atoms with Gasteiger partial charge in [-0.05, 0) is 76.4 Å². The second-order valence-corrected chi connectivity index (χ2v) is 12.5. The smallest absolute Gasteiger partial charge is 0.407 e. The van der Waals surface area contributed by atoms with E-state index in [0.29, 0.717) is 24.8 Å². The molecule has 0 radical (unpaired) electrons. The average Bonchev–Trinajstić information content (AvgIpc) is 2.98. The molecule has 0 aromatic carbocycles. The molecule has 0 unspecified atom stereocenters. The van der Waals surface area contributed by atoms with Gasteiger partial charge in [0.25, 0.3) is 0 Å². The third-order valence-corrected chi connectivity index (χ3v) is 7.39. The predicted molar refractivity (Wildman–Crippen MR) is 167 cm³/mol. The maximum Gasteiger partial charge on any atom is 0.407 e. The van der Waals surface area contributed by atoms with Crippen LogP contribution in [0, 0.1) is 0 Å². The van der Waals surface area contributed by atoms with Gasteiger partial charge in [-0.3, -0.25) is 14.2 Å². The van der Waals surface area contributed by atoms with Crippen molar-refractivity contribution >= 4 is 42.6 Å². The van der Waals surface area contributed by atoms with E-state index >= 15 is 0 Å². The second kappa shape index (κ2) is 19.5. The van der Waals surface area contributed by atoms with E-state index in [2.05, 4.69) is 29.3 Å². The number of nitrogens with zero attached hydrogens (tertiary/aromatic N) is 3. The zero-order valence-corrected chi connectivity index (χ0v) is 26.8. The monoisotopic (exact) mass is 617 g/mol. The van der Waals surface area contributed by atoms with Gasteiger partial charge in [-0.1, -0.05) is 13.3 Å². The summed E-state index contributed by atoms with van der Waals surface area (Å²) in [5.74, 6) is 0.224. The van der Waals surface area contributed by atoms with Crippen LogP contribution in [0.15, 0.2) is 48.8 Å². The van der Waals surface area contributed by atoms with Crippen molar-refractivity contribution in [3.63, 3.8) is 0 Å². The SMILES string of the molecule is CC(C)(C)OC(=O)NCCCc1ccc2cccnc2n1.CCCCC(=O)CP(=O)(OC)OC.Nc1ncccc1C=O. The number of nitrogens with one attached hydrogen (secondary N) is 1. The highest BCUT2D eigenvalue weighted by Gasteiger charge is 2.24. The molecule has 43 heavy (non-hydrogen) atoms. The molecular weight excluding hydrogens is 573 g/mol. The summed E-state index contributed by atoms with van der Waals surface area (Å²) in [6, 6.07) is 11.2. The zero-order chi connectivity index (χ0) is 32.3. The topological polar surface area (TPSA) is 173 Å². The van der Waals surface area contributed by atoms with E-state index in [9.17, 15) is 18.9 Å². The van der Waals surface area contributed by atoms with Crippen molar-refractivity contribution in [2.75, 3.05) is 32.7 Å². The molecule has 3 N–H and O–H groups in total. The summed E-state index contributed by atoms with van der Waals surface area (Å²) in [6.45, 7) is 8.10. The number of carbonyl (C=O) groups excluding carboxylic acids is 3. The molecule has 13 heteroatoms. The van der Waals surface area contributed by atoms with Gasteiger partial charge in [0.1, 0.15) is 23.4 Å². The maximum absolute atomic E-state index is 11.5. The molecular formula is C30H44N5O7P. The number of aldehydes is 1. The number of alkyl carbamates (subject to hydrolysis) is 1. The van der Waals surface area contributed by atoms with Gasteiger partial charge in [-0.15, -0.1) is 0 Å². The van der Waals surface area contributed by atoms with Crippen molar-refractivity contribution in [2.24, 2.45) is 0 Å². The predicted octanol–water partition coefficient (Wildman–Crippen LogP) is 5.80. The van der Waals surface area contributed by atoms with E-state index in [1.807, 2.05) is 52.0 Å². The van der Waals surface area contributed by atoms with Crippen LogP contribution in [-0.2, 0) is 29.6 Å². The van der Waals surface area contributed by atoms with Crippen LogP contribution in [0.25, 0.3) is 11.0 Å². The molecule has 3 aromatic rings. The molecule has 3 heterocycles. The summed E-state index contributed by atoms with van der Waals surface area (Å²) in [5.41, 5.74) is 7.01. The number of unbranched alkanes of at least 4 members (excludes halogenated alkanes) is 1. The number of nitrogen functional groups attached to an aromatic ring is 1. The Labute approximate surface area is 253 Å². The molecule has 0 aliphatic rings. The van der Waals surface area contributed by atoms with Crippen LogP contribution < -0.4 is 11.1 Å². The highest BCUT2D eigenvalue weighted by molar-refractivity contribution is 7.54. The number of aryl methyl sites for hydroxylation is 1. The van der Waals surface area contributed by atoms with Crippen molar-refractivity contribution in [3.8, 4) is 0 Å². The minimum atomic E-state index is -3.13. The van der Waals surface area contributed by atoms with Crippen molar-refractivity contribution < 1.29 is 32.7 Å². The Morgan fingerprint density at radius 3 is 2.28 bits per heavy atom. The van der Waals surface area contributed by atoms with Crippen LogP contribution >= 0.6 is 7.60 Å². The lowest BCUT2D eigenvalue weighted by atomic mass is 10.2. The highest BCUT2D eigenvalue weighted by atomic mass is 31.2. The molecule has 0 fully saturated rings. The van der Waals surface area contributed by atoms with Gasteiger partial charge in [0.05, 0.1) is 5.56 Å². The van der Waals surface area contributed by atoms with Crippen LogP contribution in [0.5, 0.6) is 0 Å². The van der Waals surface area contributed by atoms with Crippen LogP contribution in [0.3, 0.4) is 0 Å². The lowest BCUT2D eigenvalue weighted by molar-refractivity contribution is -0.117. The van der Waals surface area contributed by atoms with Crippen LogP contribution in [0.1, 0.15) is 69.4 Å². The Morgan fingerprint density at radius 2 is 1.70 bits per heavy atom. The van der Waals surface area contributed by atoms with Crippen LogP contribution in [-0.4, -0.2) is 65.6 Å². The van der Waals surface area contributed by atoms with E-state index in [1.165, 1.54) is 14.2 Å². The number of fused-ring (bicyclic) bond motifs is 1. The molecule has 1 amide bonds. The molecule has 3 aromatic heterocycles. The quantitative estimate of drug-likeness (QED) is 0.143. The third-order valence-electron chi connectivity index (χ3n) is 5.53.